The fourth-order valence-corrected chi connectivity index (χ4v) is 2.55. The number of carbonyl (C=O) groups is 1. The van der Waals surface area contributed by atoms with Gasteiger partial charge in [0.05, 0.1) is 12.1 Å². The summed E-state index contributed by atoms with van der Waals surface area (Å²) >= 11 is 0. The molecule has 26 heavy (non-hydrogen) atoms. The van der Waals surface area contributed by atoms with Gasteiger partial charge in [-0.3, -0.25) is 9.36 Å². The molecule has 2 aromatic carbocycles. The van der Waals surface area contributed by atoms with E-state index in [9.17, 15) is 14.0 Å². The maximum absolute atomic E-state index is 12.8. The highest BCUT2D eigenvalue weighted by molar-refractivity contribution is 5.76. The van der Waals surface area contributed by atoms with Crippen molar-refractivity contribution >= 4 is 17.0 Å². The van der Waals surface area contributed by atoms with E-state index in [0.29, 0.717) is 36.4 Å². The normalized spacial score (nSPS) is 10.8. The molecule has 6 nitrogen and oxygen atoms in total. The van der Waals surface area contributed by atoms with Crippen LogP contribution in [0.1, 0.15) is 12.8 Å². The first-order chi connectivity index (χ1) is 12.6. The molecule has 0 atom stereocenters. The Labute approximate surface area is 149 Å². The lowest BCUT2D eigenvalue weighted by Crippen LogP contribution is -2.27. The molecular weight excluding hydrogens is 339 g/mol. The van der Waals surface area contributed by atoms with E-state index in [1.54, 1.807) is 30.3 Å². The quantitative estimate of drug-likeness (QED) is 0.629. The summed E-state index contributed by atoms with van der Waals surface area (Å²) in [6.07, 6.45) is 0.806. The molecule has 0 spiro atoms. The summed E-state index contributed by atoms with van der Waals surface area (Å²) in [6.45, 7) is 1.13. The number of aryl methyl sites for hydroxylation is 1. The van der Waals surface area contributed by atoms with E-state index in [2.05, 4.69) is 5.32 Å². The molecule has 1 aromatic heterocycles. The van der Waals surface area contributed by atoms with Crippen LogP contribution in [0.2, 0.25) is 0 Å². The van der Waals surface area contributed by atoms with E-state index in [1.165, 1.54) is 16.7 Å². The van der Waals surface area contributed by atoms with Gasteiger partial charge in [-0.2, -0.15) is 0 Å². The number of oxazole rings is 1. The van der Waals surface area contributed by atoms with Crippen molar-refractivity contribution in [3.8, 4) is 5.75 Å². The van der Waals surface area contributed by atoms with Gasteiger partial charge in [0.15, 0.2) is 5.58 Å². The van der Waals surface area contributed by atoms with Crippen molar-refractivity contribution in [3.63, 3.8) is 0 Å². The second kappa shape index (κ2) is 8.33. The van der Waals surface area contributed by atoms with Crippen molar-refractivity contribution in [2.45, 2.75) is 19.4 Å². The topological polar surface area (TPSA) is 73.5 Å². The van der Waals surface area contributed by atoms with Gasteiger partial charge < -0.3 is 14.5 Å². The fraction of sp³-hybridized carbons (Fsp3) is 0.263. The number of hydrogen-bond acceptors (Lipinski definition) is 4. The van der Waals surface area contributed by atoms with Crippen LogP contribution in [-0.2, 0) is 11.3 Å². The number of carbonyl (C=O) groups excluding carboxylic acids is 1. The van der Waals surface area contributed by atoms with Gasteiger partial charge in [-0.1, -0.05) is 12.1 Å². The molecule has 0 radical (unpaired) electrons. The van der Waals surface area contributed by atoms with Crippen LogP contribution in [0.4, 0.5) is 4.39 Å². The average molecular weight is 358 g/mol. The third-order valence-corrected chi connectivity index (χ3v) is 3.86. The third-order valence-electron chi connectivity index (χ3n) is 3.86. The SMILES string of the molecule is O=C(CCn1c(=O)oc2ccccc21)NCCCOc1ccc(F)cc1. The third kappa shape index (κ3) is 4.50. The lowest BCUT2D eigenvalue weighted by Gasteiger charge is -2.07. The predicted octanol–water partition coefficient (Wildman–Crippen LogP) is 2.71. The number of nitrogens with zero attached hydrogens (tertiary/aromatic N) is 1. The Morgan fingerprint density at radius 3 is 2.73 bits per heavy atom. The van der Waals surface area contributed by atoms with Crippen molar-refractivity contribution in [3.05, 3.63) is 64.9 Å². The van der Waals surface area contributed by atoms with Crippen LogP contribution in [0, 0.1) is 5.82 Å². The van der Waals surface area contributed by atoms with E-state index in [4.69, 9.17) is 9.15 Å². The number of fused-ring (bicyclic) bond motifs is 1. The van der Waals surface area contributed by atoms with Crippen LogP contribution in [0.15, 0.2) is 57.7 Å². The summed E-state index contributed by atoms with van der Waals surface area (Å²) in [5, 5.41) is 2.78. The van der Waals surface area contributed by atoms with Crippen molar-refractivity contribution in [2.75, 3.05) is 13.2 Å². The van der Waals surface area contributed by atoms with Gasteiger partial charge in [-0.05, 0) is 42.8 Å². The summed E-state index contributed by atoms with van der Waals surface area (Å²) in [5.74, 6) is -0.339. The predicted molar refractivity (Wildman–Crippen MR) is 94.6 cm³/mol. The Hall–Kier alpha value is -3.09. The highest BCUT2D eigenvalue weighted by Crippen LogP contribution is 2.12. The second-order valence-corrected chi connectivity index (χ2v) is 5.74. The first kappa shape index (κ1) is 17.7. The van der Waals surface area contributed by atoms with Gasteiger partial charge in [-0.25, -0.2) is 9.18 Å². The van der Waals surface area contributed by atoms with Crippen LogP contribution < -0.4 is 15.8 Å². The lowest BCUT2D eigenvalue weighted by atomic mass is 10.3. The van der Waals surface area contributed by atoms with Crippen LogP contribution in [0.5, 0.6) is 5.75 Å². The molecule has 3 aromatic rings. The van der Waals surface area contributed by atoms with Gasteiger partial charge >= 0.3 is 5.76 Å². The lowest BCUT2D eigenvalue weighted by molar-refractivity contribution is -0.121. The van der Waals surface area contributed by atoms with Crippen LogP contribution in [0.3, 0.4) is 0 Å². The zero-order valence-electron chi connectivity index (χ0n) is 14.1. The standard InChI is InChI=1S/C19H19FN2O4/c20-14-6-8-15(9-7-14)25-13-3-11-21-18(23)10-12-22-16-4-1-2-5-17(16)26-19(22)24/h1-2,4-9H,3,10-13H2,(H,21,23). The molecule has 136 valence electrons. The van der Waals surface area contributed by atoms with Crippen molar-refractivity contribution < 1.29 is 18.3 Å². The number of amides is 1. The molecule has 0 aliphatic rings. The van der Waals surface area contributed by atoms with Gasteiger partial charge in [-0.15, -0.1) is 0 Å². The van der Waals surface area contributed by atoms with Gasteiger partial charge in [0.1, 0.15) is 11.6 Å². The van der Waals surface area contributed by atoms with E-state index in [0.717, 1.165) is 0 Å². The second-order valence-electron chi connectivity index (χ2n) is 5.74. The van der Waals surface area contributed by atoms with Gasteiger partial charge in [0.2, 0.25) is 5.91 Å². The summed E-state index contributed by atoms with van der Waals surface area (Å²) in [5.41, 5.74) is 1.19. The first-order valence-corrected chi connectivity index (χ1v) is 8.37. The molecule has 0 unspecified atom stereocenters. The Bertz CT molecular complexity index is 931. The molecule has 1 amide bonds. The number of halogens is 1. The molecule has 0 saturated carbocycles. The zero-order valence-corrected chi connectivity index (χ0v) is 14.1. The minimum Gasteiger partial charge on any atom is -0.494 e. The van der Waals surface area contributed by atoms with Gasteiger partial charge in [0.25, 0.3) is 0 Å². The molecule has 1 heterocycles. The van der Waals surface area contributed by atoms with Gasteiger partial charge in [0, 0.05) is 19.5 Å². The number of ether oxygens (including phenoxy) is 1. The Morgan fingerprint density at radius 1 is 1.15 bits per heavy atom. The highest BCUT2D eigenvalue weighted by Gasteiger charge is 2.10. The summed E-state index contributed by atoms with van der Waals surface area (Å²) in [7, 11) is 0. The van der Waals surface area contributed by atoms with E-state index < -0.39 is 5.76 Å². The number of rotatable bonds is 8. The van der Waals surface area contributed by atoms with E-state index in [1.807, 2.05) is 6.07 Å². The molecule has 7 heteroatoms. The molecule has 0 aliphatic carbocycles. The molecule has 0 fully saturated rings. The maximum atomic E-state index is 12.8. The highest BCUT2D eigenvalue weighted by atomic mass is 19.1. The summed E-state index contributed by atoms with van der Waals surface area (Å²) in [6, 6.07) is 12.9. The number of para-hydroxylation sites is 2. The first-order valence-electron chi connectivity index (χ1n) is 8.37. The number of aromatic nitrogens is 1. The van der Waals surface area contributed by atoms with Crippen molar-refractivity contribution in [1.29, 1.82) is 0 Å². The largest absolute Gasteiger partial charge is 0.494 e. The van der Waals surface area contributed by atoms with E-state index in [-0.39, 0.29) is 24.7 Å². The molecule has 0 bridgehead atoms. The molecule has 0 saturated heterocycles. The van der Waals surface area contributed by atoms with Crippen LogP contribution in [0.25, 0.3) is 11.1 Å². The van der Waals surface area contributed by atoms with Crippen molar-refractivity contribution in [2.24, 2.45) is 0 Å². The fourth-order valence-electron chi connectivity index (χ4n) is 2.55. The smallest absolute Gasteiger partial charge is 0.419 e. The Kier molecular flexibility index (Phi) is 5.68. The average Bonchev–Trinajstić information content (AvgIpc) is 2.96. The number of nitrogens with one attached hydrogen (secondary N) is 1. The zero-order chi connectivity index (χ0) is 18.4. The Morgan fingerprint density at radius 2 is 1.92 bits per heavy atom. The molecule has 3 rings (SSSR count). The number of hydrogen-bond donors (Lipinski definition) is 1. The number of benzene rings is 2. The Balaban J connectivity index is 1.38. The molecule has 0 aliphatic heterocycles. The summed E-state index contributed by atoms with van der Waals surface area (Å²) in [4.78, 5) is 23.7. The molecular formula is C19H19FN2O4. The maximum Gasteiger partial charge on any atom is 0.419 e. The monoisotopic (exact) mass is 358 g/mol. The van der Waals surface area contributed by atoms with E-state index >= 15 is 0 Å². The van der Waals surface area contributed by atoms with Crippen LogP contribution >= 0.6 is 0 Å². The summed E-state index contributed by atoms with van der Waals surface area (Å²) < 4.78 is 24.8. The van der Waals surface area contributed by atoms with Crippen LogP contribution in [-0.4, -0.2) is 23.6 Å². The minimum atomic E-state index is -0.466. The minimum absolute atomic E-state index is 0.149. The molecule has 1 N–H and O–H groups in total. The van der Waals surface area contributed by atoms with Crippen molar-refractivity contribution in [1.82, 2.24) is 9.88 Å².